The molecule has 5 aliphatic carbocycles. The summed E-state index contributed by atoms with van der Waals surface area (Å²) in [6.45, 7) is 0. The number of carbonyl (C=O) groups is 2. The highest BCUT2D eigenvalue weighted by Crippen LogP contribution is 2.60. The second kappa shape index (κ2) is 2.87. The minimum absolute atomic E-state index is 0.0431. The quantitative estimate of drug-likeness (QED) is 0.607. The van der Waals surface area contributed by atoms with E-state index in [4.69, 9.17) is 0 Å². The standard InChI is InChI=1S/C16H16O2/c17-15-11-7-1-2-8(5-7)12(11)16(18)14-10-4-3-9(6-10)13(14)15/h1-4,7-14H,5-6H2/t7-,8-,9-,10+,11+,12-,13+,14+/m0/s1. The number of ketones is 2. The van der Waals surface area contributed by atoms with Crippen LogP contribution in [0.1, 0.15) is 12.8 Å². The summed E-state index contributed by atoms with van der Waals surface area (Å²) in [5, 5.41) is 0. The van der Waals surface area contributed by atoms with Gasteiger partial charge in [0.25, 0.3) is 0 Å². The third-order valence-corrected chi connectivity index (χ3v) is 6.23. The molecule has 18 heavy (non-hydrogen) atoms. The maximum absolute atomic E-state index is 12.8. The number of hydrogen-bond donors (Lipinski definition) is 0. The number of Topliss-reactive ketones (excluding diaryl/α,β-unsaturated/α-hetero) is 2. The normalized spacial score (nSPS) is 58.4. The van der Waals surface area contributed by atoms with E-state index < -0.39 is 0 Å². The van der Waals surface area contributed by atoms with Crippen LogP contribution in [0.2, 0.25) is 0 Å². The van der Waals surface area contributed by atoms with Crippen LogP contribution < -0.4 is 0 Å². The highest BCUT2D eigenvalue weighted by atomic mass is 16.1. The Bertz CT molecular complexity index is 441. The molecule has 92 valence electrons. The lowest BCUT2D eigenvalue weighted by molar-refractivity contribution is -0.148. The highest BCUT2D eigenvalue weighted by Gasteiger charge is 2.63. The molecule has 0 aromatic carbocycles. The average molecular weight is 240 g/mol. The number of carbonyl (C=O) groups excluding carboxylic acids is 2. The molecule has 0 spiro atoms. The van der Waals surface area contributed by atoms with Crippen molar-refractivity contribution in [2.75, 3.05) is 0 Å². The summed E-state index contributed by atoms with van der Waals surface area (Å²) in [4.78, 5) is 25.6. The molecule has 0 heterocycles. The maximum Gasteiger partial charge on any atom is 0.141 e. The van der Waals surface area contributed by atoms with Crippen molar-refractivity contribution in [2.45, 2.75) is 12.8 Å². The molecule has 0 amide bonds. The van der Waals surface area contributed by atoms with Gasteiger partial charge in [0.2, 0.25) is 0 Å². The van der Waals surface area contributed by atoms with Crippen LogP contribution in [-0.4, -0.2) is 11.6 Å². The predicted molar refractivity (Wildman–Crippen MR) is 65.4 cm³/mol. The van der Waals surface area contributed by atoms with Crippen molar-refractivity contribution in [2.24, 2.45) is 47.3 Å². The van der Waals surface area contributed by atoms with E-state index >= 15 is 0 Å². The minimum atomic E-state index is 0.0431. The average Bonchev–Trinajstić information content (AvgIpc) is 3.10. The lowest BCUT2D eigenvalue weighted by Crippen LogP contribution is -2.50. The fourth-order valence-electron chi connectivity index (χ4n) is 5.64. The summed E-state index contributed by atoms with van der Waals surface area (Å²) in [7, 11) is 0. The number of hydrogen-bond acceptors (Lipinski definition) is 2. The van der Waals surface area contributed by atoms with Gasteiger partial charge in [-0.1, -0.05) is 24.3 Å². The summed E-state index contributed by atoms with van der Waals surface area (Å²) < 4.78 is 0. The van der Waals surface area contributed by atoms with Gasteiger partial charge in [-0.15, -0.1) is 0 Å². The van der Waals surface area contributed by atoms with Crippen LogP contribution in [0.3, 0.4) is 0 Å². The predicted octanol–water partition coefficient (Wildman–Crippen LogP) is 2.01. The van der Waals surface area contributed by atoms with Gasteiger partial charge in [0.05, 0.1) is 0 Å². The van der Waals surface area contributed by atoms with Gasteiger partial charge in [0, 0.05) is 23.7 Å². The van der Waals surface area contributed by atoms with Crippen molar-refractivity contribution in [3.05, 3.63) is 24.3 Å². The first-order valence-corrected chi connectivity index (χ1v) is 7.20. The summed E-state index contributed by atoms with van der Waals surface area (Å²) in [5.41, 5.74) is 0. The first kappa shape index (κ1) is 9.71. The minimum Gasteiger partial charge on any atom is -0.299 e. The Kier molecular flexibility index (Phi) is 1.55. The van der Waals surface area contributed by atoms with E-state index in [1.807, 2.05) is 0 Å². The van der Waals surface area contributed by atoms with Crippen LogP contribution in [0, 0.1) is 47.3 Å². The zero-order valence-corrected chi connectivity index (χ0v) is 10.2. The fraction of sp³-hybridized carbons (Fsp3) is 0.625. The second-order valence-electron chi connectivity index (χ2n) is 6.80. The molecule has 0 radical (unpaired) electrons. The van der Waals surface area contributed by atoms with Gasteiger partial charge < -0.3 is 0 Å². The van der Waals surface area contributed by atoms with Gasteiger partial charge in [-0.2, -0.15) is 0 Å². The van der Waals surface area contributed by atoms with Gasteiger partial charge in [-0.3, -0.25) is 9.59 Å². The Morgan fingerprint density at radius 1 is 0.611 bits per heavy atom. The monoisotopic (exact) mass is 240 g/mol. The van der Waals surface area contributed by atoms with Gasteiger partial charge in [0.1, 0.15) is 11.6 Å². The van der Waals surface area contributed by atoms with E-state index in [1.165, 1.54) is 0 Å². The van der Waals surface area contributed by atoms with E-state index in [2.05, 4.69) is 24.3 Å². The highest BCUT2D eigenvalue weighted by molar-refractivity contribution is 6.02. The Hall–Kier alpha value is -1.18. The van der Waals surface area contributed by atoms with Crippen molar-refractivity contribution in [3.8, 4) is 0 Å². The Morgan fingerprint density at radius 3 is 1.17 bits per heavy atom. The zero-order chi connectivity index (χ0) is 12.0. The largest absolute Gasteiger partial charge is 0.299 e. The molecule has 0 saturated heterocycles. The Morgan fingerprint density at radius 2 is 0.889 bits per heavy atom. The van der Waals surface area contributed by atoms with Gasteiger partial charge in [-0.25, -0.2) is 0 Å². The number of fused-ring (bicyclic) bond motifs is 10. The van der Waals surface area contributed by atoms with E-state index in [9.17, 15) is 9.59 Å². The molecule has 0 unspecified atom stereocenters. The molecule has 2 heteroatoms. The smallest absolute Gasteiger partial charge is 0.141 e. The van der Waals surface area contributed by atoms with Crippen LogP contribution in [0.4, 0.5) is 0 Å². The van der Waals surface area contributed by atoms with E-state index in [-0.39, 0.29) is 23.7 Å². The molecule has 3 saturated carbocycles. The molecule has 5 aliphatic rings. The van der Waals surface area contributed by atoms with Crippen LogP contribution in [-0.2, 0) is 9.59 Å². The number of allylic oxidation sites excluding steroid dienone is 4. The number of rotatable bonds is 0. The Balaban J connectivity index is 1.65. The molecule has 5 rings (SSSR count). The lowest BCUT2D eigenvalue weighted by atomic mass is 9.60. The van der Waals surface area contributed by atoms with Crippen LogP contribution in [0.25, 0.3) is 0 Å². The van der Waals surface area contributed by atoms with Crippen LogP contribution in [0.15, 0.2) is 24.3 Å². The summed E-state index contributed by atoms with van der Waals surface area (Å²) in [6, 6.07) is 0. The second-order valence-corrected chi connectivity index (χ2v) is 6.80. The van der Waals surface area contributed by atoms with Crippen molar-refractivity contribution in [3.63, 3.8) is 0 Å². The van der Waals surface area contributed by atoms with Gasteiger partial charge in [0.15, 0.2) is 0 Å². The molecule has 0 aromatic rings. The van der Waals surface area contributed by atoms with E-state index in [0.717, 1.165) is 12.8 Å². The SMILES string of the molecule is O=C1[C@@H]2[C@H](C(=O)[C@H]3[C@H]1[C@@H]1C=C[C@H]3C1)[C@H]1C=C[C@H]2C1. The van der Waals surface area contributed by atoms with Gasteiger partial charge in [-0.05, 0) is 36.5 Å². The first-order valence-electron chi connectivity index (χ1n) is 7.20. The molecule has 0 aromatic heterocycles. The van der Waals surface area contributed by atoms with E-state index in [0.29, 0.717) is 35.2 Å². The summed E-state index contributed by atoms with van der Waals surface area (Å²) >= 11 is 0. The van der Waals surface area contributed by atoms with Crippen LogP contribution >= 0.6 is 0 Å². The van der Waals surface area contributed by atoms with Crippen molar-refractivity contribution in [1.29, 1.82) is 0 Å². The lowest BCUT2D eigenvalue weighted by Gasteiger charge is -2.40. The summed E-state index contributed by atoms with van der Waals surface area (Å²) in [6.07, 6.45) is 10.9. The van der Waals surface area contributed by atoms with E-state index in [1.54, 1.807) is 0 Å². The van der Waals surface area contributed by atoms with Crippen molar-refractivity contribution in [1.82, 2.24) is 0 Å². The molecule has 8 atom stereocenters. The molecular weight excluding hydrogens is 224 g/mol. The fourth-order valence-corrected chi connectivity index (χ4v) is 5.64. The molecule has 4 bridgehead atoms. The Labute approximate surface area is 106 Å². The van der Waals surface area contributed by atoms with Gasteiger partial charge >= 0.3 is 0 Å². The zero-order valence-electron chi connectivity index (χ0n) is 10.2. The molecule has 2 nitrogen and oxygen atoms in total. The van der Waals surface area contributed by atoms with Crippen molar-refractivity contribution >= 4 is 11.6 Å². The molecular formula is C16H16O2. The first-order chi connectivity index (χ1) is 8.75. The third-order valence-electron chi connectivity index (χ3n) is 6.23. The molecule has 3 fully saturated rings. The topological polar surface area (TPSA) is 34.1 Å². The summed E-state index contributed by atoms with van der Waals surface area (Å²) in [5.74, 6) is 2.53. The van der Waals surface area contributed by atoms with Crippen molar-refractivity contribution < 1.29 is 9.59 Å². The third kappa shape index (κ3) is 0.877. The molecule has 0 aliphatic heterocycles. The molecule has 0 N–H and O–H groups in total. The van der Waals surface area contributed by atoms with Crippen LogP contribution in [0.5, 0.6) is 0 Å². The maximum atomic E-state index is 12.8.